The Labute approximate surface area is 153 Å². The molecule has 0 amide bonds. The highest BCUT2D eigenvalue weighted by Crippen LogP contribution is 2.29. The highest BCUT2D eigenvalue weighted by atomic mass is 16.5. The van der Waals surface area contributed by atoms with E-state index in [4.69, 9.17) is 20.5 Å². The van der Waals surface area contributed by atoms with Crippen molar-refractivity contribution in [2.75, 3.05) is 55.9 Å². The first kappa shape index (κ1) is 17.7. The number of methoxy groups -OCH3 is 2. The maximum atomic E-state index is 9.00. The largest absolute Gasteiger partial charge is 0.497 e. The minimum absolute atomic E-state index is 0.281. The van der Waals surface area contributed by atoms with Crippen LogP contribution in [0.25, 0.3) is 0 Å². The van der Waals surface area contributed by atoms with Crippen LogP contribution in [0.4, 0.5) is 17.3 Å². The van der Waals surface area contributed by atoms with Crippen molar-refractivity contribution in [1.82, 2.24) is 4.98 Å². The first-order valence-corrected chi connectivity index (χ1v) is 8.54. The summed E-state index contributed by atoms with van der Waals surface area (Å²) < 4.78 is 10.8. The van der Waals surface area contributed by atoms with Crippen molar-refractivity contribution in [3.05, 3.63) is 35.9 Å². The van der Waals surface area contributed by atoms with Crippen LogP contribution in [0.2, 0.25) is 0 Å². The van der Waals surface area contributed by atoms with Crippen molar-refractivity contribution < 1.29 is 9.47 Å². The second-order valence-electron chi connectivity index (χ2n) is 6.11. The molecule has 7 nitrogen and oxygen atoms in total. The molecule has 1 aliphatic rings. The number of nitrogen functional groups attached to an aromatic ring is 1. The third kappa shape index (κ3) is 3.75. The smallest absolute Gasteiger partial charge is 0.143 e. The lowest BCUT2D eigenvalue weighted by Gasteiger charge is -2.25. The number of rotatable bonds is 4. The van der Waals surface area contributed by atoms with Gasteiger partial charge >= 0.3 is 0 Å². The molecule has 0 unspecified atom stereocenters. The number of aromatic nitrogens is 1. The lowest BCUT2D eigenvalue weighted by atomic mass is 10.2. The van der Waals surface area contributed by atoms with E-state index in [-0.39, 0.29) is 5.82 Å². The Hall–Kier alpha value is -3.14. The zero-order chi connectivity index (χ0) is 18.5. The van der Waals surface area contributed by atoms with E-state index in [0.717, 1.165) is 55.6 Å². The fourth-order valence-corrected chi connectivity index (χ4v) is 3.11. The van der Waals surface area contributed by atoms with Gasteiger partial charge in [-0.3, -0.25) is 0 Å². The summed E-state index contributed by atoms with van der Waals surface area (Å²) in [7, 11) is 3.31. The van der Waals surface area contributed by atoms with Crippen LogP contribution in [-0.4, -0.2) is 45.4 Å². The summed E-state index contributed by atoms with van der Waals surface area (Å²) in [6.07, 6.45) is 0.987. The van der Waals surface area contributed by atoms with Gasteiger partial charge in [0.2, 0.25) is 0 Å². The molecule has 0 aliphatic carbocycles. The van der Waals surface area contributed by atoms with E-state index in [1.165, 1.54) is 0 Å². The summed E-state index contributed by atoms with van der Waals surface area (Å²) in [6.45, 7) is 3.48. The zero-order valence-electron chi connectivity index (χ0n) is 15.1. The molecular weight excluding hydrogens is 330 g/mol. The number of ether oxygens (including phenoxy) is 2. The van der Waals surface area contributed by atoms with Crippen LogP contribution < -0.4 is 25.0 Å². The Kier molecular flexibility index (Phi) is 5.32. The van der Waals surface area contributed by atoms with E-state index in [1.807, 2.05) is 30.3 Å². The van der Waals surface area contributed by atoms with E-state index >= 15 is 0 Å². The summed E-state index contributed by atoms with van der Waals surface area (Å²) in [6, 6.07) is 11.6. The van der Waals surface area contributed by atoms with Gasteiger partial charge in [0.15, 0.2) is 0 Å². The van der Waals surface area contributed by atoms with Crippen LogP contribution in [0.15, 0.2) is 30.3 Å². The number of pyridine rings is 1. The average molecular weight is 353 g/mol. The molecule has 0 radical (unpaired) electrons. The summed E-state index contributed by atoms with van der Waals surface area (Å²) in [5, 5.41) is 9.00. The van der Waals surface area contributed by atoms with Gasteiger partial charge in [-0.15, -0.1) is 0 Å². The summed E-state index contributed by atoms with van der Waals surface area (Å²) >= 11 is 0. The first-order chi connectivity index (χ1) is 12.6. The number of benzene rings is 1. The van der Waals surface area contributed by atoms with Crippen molar-refractivity contribution >= 4 is 17.3 Å². The minimum atomic E-state index is 0.281. The second kappa shape index (κ2) is 7.83. The van der Waals surface area contributed by atoms with Gasteiger partial charge in [0.1, 0.15) is 29.2 Å². The maximum absolute atomic E-state index is 9.00. The molecule has 136 valence electrons. The summed E-state index contributed by atoms with van der Waals surface area (Å²) in [5.41, 5.74) is 7.35. The highest BCUT2D eigenvalue weighted by molar-refractivity contribution is 5.57. The van der Waals surface area contributed by atoms with Crippen LogP contribution in [-0.2, 0) is 0 Å². The predicted octanol–water partition coefficient (Wildman–Crippen LogP) is 2.27. The third-order valence-corrected chi connectivity index (χ3v) is 4.55. The molecule has 3 rings (SSSR count). The van der Waals surface area contributed by atoms with Crippen LogP contribution in [0.1, 0.15) is 12.0 Å². The second-order valence-corrected chi connectivity index (χ2v) is 6.11. The monoisotopic (exact) mass is 353 g/mol. The van der Waals surface area contributed by atoms with Gasteiger partial charge in [0.25, 0.3) is 0 Å². The molecule has 1 aliphatic heterocycles. The van der Waals surface area contributed by atoms with Gasteiger partial charge in [-0.2, -0.15) is 5.26 Å². The number of hydrogen-bond acceptors (Lipinski definition) is 7. The number of nitriles is 1. The Morgan fingerprint density at radius 1 is 1.00 bits per heavy atom. The fraction of sp³-hybridized carbons (Fsp3) is 0.368. The molecule has 0 saturated carbocycles. The maximum Gasteiger partial charge on any atom is 0.143 e. The lowest BCUT2D eigenvalue weighted by molar-refractivity contribution is 0.394. The molecule has 2 heterocycles. The van der Waals surface area contributed by atoms with Gasteiger partial charge in [-0.05, 0) is 18.6 Å². The molecule has 1 saturated heterocycles. The Bertz CT molecular complexity index is 796. The molecular formula is C19H23N5O2. The van der Waals surface area contributed by atoms with Crippen LogP contribution in [0.3, 0.4) is 0 Å². The standard InChI is InChI=1S/C19H23N5O2/c1-25-16-10-15(11-17(12-16)26-2)23-6-3-7-24(9-8-23)18-5-4-14(13-20)19(21)22-18/h4-5,10-12H,3,6-9H2,1-2H3,(H2,21,22). The minimum Gasteiger partial charge on any atom is -0.497 e. The topological polar surface area (TPSA) is 87.6 Å². The van der Waals surface area contributed by atoms with E-state index in [0.29, 0.717) is 5.56 Å². The summed E-state index contributed by atoms with van der Waals surface area (Å²) in [4.78, 5) is 8.91. The highest BCUT2D eigenvalue weighted by Gasteiger charge is 2.18. The molecule has 2 N–H and O–H groups in total. The normalized spacial score (nSPS) is 14.5. The number of nitrogens with zero attached hydrogens (tertiary/aromatic N) is 4. The van der Waals surface area contributed by atoms with Gasteiger partial charge in [0, 0.05) is 50.1 Å². The Morgan fingerprint density at radius 3 is 2.27 bits per heavy atom. The van der Waals surface area contributed by atoms with Crippen molar-refractivity contribution in [2.24, 2.45) is 0 Å². The Morgan fingerprint density at radius 2 is 1.65 bits per heavy atom. The number of hydrogen-bond donors (Lipinski definition) is 1. The molecule has 0 spiro atoms. The van der Waals surface area contributed by atoms with E-state index in [9.17, 15) is 0 Å². The third-order valence-electron chi connectivity index (χ3n) is 4.55. The average Bonchev–Trinajstić information content (AvgIpc) is 2.93. The quantitative estimate of drug-likeness (QED) is 0.902. The van der Waals surface area contributed by atoms with Crippen LogP contribution >= 0.6 is 0 Å². The van der Waals surface area contributed by atoms with Gasteiger partial charge < -0.3 is 25.0 Å². The van der Waals surface area contributed by atoms with Crippen molar-refractivity contribution in [1.29, 1.82) is 5.26 Å². The van der Waals surface area contributed by atoms with Gasteiger partial charge in [0.05, 0.1) is 19.8 Å². The van der Waals surface area contributed by atoms with Crippen LogP contribution in [0.5, 0.6) is 11.5 Å². The van der Waals surface area contributed by atoms with E-state index < -0.39 is 0 Å². The SMILES string of the molecule is COc1cc(OC)cc(N2CCCN(c3ccc(C#N)c(N)n3)CC2)c1. The first-order valence-electron chi connectivity index (χ1n) is 8.54. The van der Waals surface area contributed by atoms with E-state index in [1.54, 1.807) is 20.3 Å². The Balaban J connectivity index is 1.76. The predicted molar refractivity (Wildman–Crippen MR) is 102 cm³/mol. The van der Waals surface area contributed by atoms with Crippen molar-refractivity contribution in [3.63, 3.8) is 0 Å². The molecule has 1 aromatic carbocycles. The fourth-order valence-electron chi connectivity index (χ4n) is 3.11. The summed E-state index contributed by atoms with van der Waals surface area (Å²) in [5.74, 6) is 2.65. The van der Waals surface area contributed by atoms with Crippen LogP contribution in [0, 0.1) is 11.3 Å². The number of anilines is 3. The molecule has 0 bridgehead atoms. The molecule has 26 heavy (non-hydrogen) atoms. The molecule has 2 aromatic rings. The van der Waals surface area contributed by atoms with Crippen molar-refractivity contribution in [2.45, 2.75) is 6.42 Å². The van der Waals surface area contributed by atoms with Crippen molar-refractivity contribution in [3.8, 4) is 17.6 Å². The van der Waals surface area contributed by atoms with E-state index in [2.05, 4.69) is 14.8 Å². The molecule has 7 heteroatoms. The number of nitrogens with two attached hydrogens (primary N) is 1. The van der Waals surface area contributed by atoms with Gasteiger partial charge in [-0.25, -0.2) is 4.98 Å². The molecule has 1 fully saturated rings. The zero-order valence-corrected chi connectivity index (χ0v) is 15.1. The van der Waals surface area contributed by atoms with Gasteiger partial charge in [-0.1, -0.05) is 0 Å². The molecule has 0 atom stereocenters. The molecule has 1 aromatic heterocycles. The lowest BCUT2D eigenvalue weighted by Crippen LogP contribution is -2.31.